The van der Waals surface area contributed by atoms with Gasteiger partial charge in [0.1, 0.15) is 11.8 Å². The number of thiocarbonyl (C=S) groups is 1. The van der Waals surface area contributed by atoms with Gasteiger partial charge in [0.2, 0.25) is 0 Å². The quantitative estimate of drug-likeness (QED) is 0.406. The zero-order valence-electron chi connectivity index (χ0n) is 14.3. The summed E-state index contributed by atoms with van der Waals surface area (Å²) in [5.41, 5.74) is 0.816. The topological polar surface area (TPSA) is 87.7 Å². The maximum atomic E-state index is 11.5. The van der Waals surface area contributed by atoms with Gasteiger partial charge >= 0.3 is 11.9 Å². The average molecular weight is 364 g/mol. The molecule has 1 aliphatic carbocycles. The predicted molar refractivity (Wildman–Crippen MR) is 98.6 cm³/mol. The van der Waals surface area contributed by atoms with Crippen LogP contribution in [-0.4, -0.2) is 34.2 Å². The Hall–Kier alpha value is -2.15. The summed E-state index contributed by atoms with van der Waals surface area (Å²) < 4.78 is 4.97. The van der Waals surface area contributed by atoms with Gasteiger partial charge in [0.25, 0.3) is 0 Å². The van der Waals surface area contributed by atoms with Gasteiger partial charge in [-0.2, -0.15) is 0 Å². The van der Waals surface area contributed by atoms with E-state index in [0.717, 1.165) is 18.4 Å². The van der Waals surface area contributed by atoms with Gasteiger partial charge in [-0.15, -0.1) is 0 Å². The first-order chi connectivity index (χ1) is 11.9. The van der Waals surface area contributed by atoms with Gasteiger partial charge in [-0.05, 0) is 42.8 Å². The highest BCUT2D eigenvalue weighted by Gasteiger charge is 2.21. The van der Waals surface area contributed by atoms with Gasteiger partial charge in [-0.25, -0.2) is 4.79 Å². The maximum Gasteiger partial charge on any atom is 0.326 e. The lowest BCUT2D eigenvalue weighted by Crippen LogP contribution is -2.50. The Morgan fingerprint density at radius 2 is 1.88 bits per heavy atom. The van der Waals surface area contributed by atoms with E-state index < -0.39 is 18.0 Å². The summed E-state index contributed by atoms with van der Waals surface area (Å²) in [7, 11) is 0. The molecule has 1 atom stereocenters. The second kappa shape index (κ2) is 9.36. The van der Waals surface area contributed by atoms with Crippen molar-refractivity contribution in [1.29, 1.82) is 0 Å². The Kier molecular flexibility index (Phi) is 7.18. The Morgan fingerprint density at radius 3 is 2.44 bits per heavy atom. The molecule has 1 aliphatic rings. The molecule has 0 bridgehead atoms. The van der Waals surface area contributed by atoms with E-state index >= 15 is 0 Å². The molecule has 1 fully saturated rings. The zero-order valence-corrected chi connectivity index (χ0v) is 15.1. The lowest BCUT2D eigenvalue weighted by Gasteiger charge is -2.26. The number of carbonyl (C=O) groups is 2. The maximum absolute atomic E-state index is 11.5. The molecule has 0 radical (unpaired) electrons. The molecule has 25 heavy (non-hydrogen) atoms. The van der Waals surface area contributed by atoms with E-state index in [2.05, 4.69) is 10.6 Å². The summed E-state index contributed by atoms with van der Waals surface area (Å²) in [4.78, 5) is 22.4. The standard InChI is InChI=1S/C18H24N2O4S/c1-12(21)24-15-9-7-13(8-10-15)11-16(17(22)23)20-18(25)19-14-5-3-2-4-6-14/h7-10,14,16H,2-6,11H2,1H3,(H,22,23)(H2,19,20,25). The average Bonchev–Trinajstić information content (AvgIpc) is 2.56. The molecule has 0 spiro atoms. The van der Waals surface area contributed by atoms with Gasteiger partial charge in [-0.1, -0.05) is 31.4 Å². The fraction of sp³-hybridized carbons (Fsp3) is 0.500. The number of rotatable bonds is 6. The van der Waals surface area contributed by atoms with E-state index in [1.807, 2.05) is 0 Å². The predicted octanol–water partition coefficient (Wildman–Crippen LogP) is 2.40. The number of nitrogens with one attached hydrogen (secondary N) is 2. The monoisotopic (exact) mass is 364 g/mol. The first kappa shape index (κ1) is 19.2. The van der Waals surface area contributed by atoms with Crippen molar-refractivity contribution in [2.75, 3.05) is 0 Å². The van der Waals surface area contributed by atoms with Crippen LogP contribution >= 0.6 is 12.2 Å². The molecular formula is C18H24N2O4S. The van der Waals surface area contributed by atoms with Gasteiger partial charge in [0, 0.05) is 19.4 Å². The minimum Gasteiger partial charge on any atom is -0.480 e. The van der Waals surface area contributed by atoms with Gasteiger partial charge in [0.05, 0.1) is 0 Å². The lowest BCUT2D eigenvalue weighted by atomic mass is 9.96. The van der Waals surface area contributed by atoms with Crippen LogP contribution in [0.3, 0.4) is 0 Å². The second-order valence-electron chi connectivity index (χ2n) is 6.29. The van der Waals surface area contributed by atoms with Crippen molar-refractivity contribution in [2.45, 2.75) is 57.5 Å². The first-order valence-corrected chi connectivity index (χ1v) is 8.92. The van der Waals surface area contributed by atoms with Crippen molar-refractivity contribution in [2.24, 2.45) is 0 Å². The van der Waals surface area contributed by atoms with E-state index in [1.165, 1.54) is 26.2 Å². The molecule has 1 aromatic carbocycles. The molecule has 136 valence electrons. The van der Waals surface area contributed by atoms with Gasteiger partial charge in [-0.3, -0.25) is 4.79 Å². The second-order valence-corrected chi connectivity index (χ2v) is 6.69. The number of carboxylic acid groups (broad SMARTS) is 1. The van der Waals surface area contributed by atoms with E-state index in [4.69, 9.17) is 17.0 Å². The zero-order chi connectivity index (χ0) is 18.2. The largest absolute Gasteiger partial charge is 0.480 e. The fourth-order valence-electron chi connectivity index (χ4n) is 2.93. The van der Waals surface area contributed by atoms with E-state index in [-0.39, 0.29) is 6.42 Å². The highest BCUT2D eigenvalue weighted by molar-refractivity contribution is 7.80. The van der Waals surface area contributed by atoms with Crippen molar-refractivity contribution >= 4 is 29.3 Å². The van der Waals surface area contributed by atoms with Crippen LogP contribution < -0.4 is 15.4 Å². The number of aliphatic carboxylic acids is 1. The summed E-state index contributed by atoms with van der Waals surface area (Å²) in [6.07, 6.45) is 6.02. The molecule has 3 N–H and O–H groups in total. The molecule has 0 aliphatic heterocycles. The molecule has 0 amide bonds. The molecule has 1 unspecified atom stereocenters. The molecule has 1 aromatic rings. The number of benzene rings is 1. The van der Waals surface area contributed by atoms with Crippen LogP contribution in [0.1, 0.15) is 44.6 Å². The van der Waals surface area contributed by atoms with Crippen molar-refractivity contribution < 1.29 is 19.4 Å². The highest BCUT2D eigenvalue weighted by atomic mass is 32.1. The molecule has 0 saturated heterocycles. The minimum absolute atomic E-state index is 0.280. The summed E-state index contributed by atoms with van der Waals surface area (Å²) >= 11 is 5.27. The van der Waals surface area contributed by atoms with Crippen LogP contribution in [-0.2, 0) is 16.0 Å². The molecular weight excluding hydrogens is 340 g/mol. The summed E-state index contributed by atoms with van der Waals surface area (Å²) in [6.45, 7) is 1.33. The summed E-state index contributed by atoms with van der Waals surface area (Å²) in [5, 5.41) is 15.9. The van der Waals surface area contributed by atoms with Crippen LogP contribution in [0.5, 0.6) is 5.75 Å². The van der Waals surface area contributed by atoms with E-state index in [0.29, 0.717) is 16.9 Å². The Bertz CT molecular complexity index is 612. The number of esters is 1. The van der Waals surface area contributed by atoms with E-state index in [1.54, 1.807) is 24.3 Å². The number of carbonyl (C=O) groups excluding carboxylic acids is 1. The van der Waals surface area contributed by atoms with Crippen LogP contribution in [0, 0.1) is 0 Å². The smallest absolute Gasteiger partial charge is 0.326 e. The third-order valence-corrected chi connectivity index (χ3v) is 4.40. The van der Waals surface area contributed by atoms with Gasteiger partial charge < -0.3 is 20.5 Å². The molecule has 2 rings (SSSR count). The van der Waals surface area contributed by atoms with Crippen molar-refractivity contribution in [3.8, 4) is 5.75 Å². The molecule has 7 heteroatoms. The Balaban J connectivity index is 1.90. The van der Waals surface area contributed by atoms with Crippen molar-refractivity contribution in [1.82, 2.24) is 10.6 Å². The summed E-state index contributed by atoms with van der Waals surface area (Å²) in [6, 6.07) is 6.29. The number of hydrogen-bond acceptors (Lipinski definition) is 4. The van der Waals surface area contributed by atoms with Crippen LogP contribution in [0.15, 0.2) is 24.3 Å². The van der Waals surface area contributed by atoms with Gasteiger partial charge in [0.15, 0.2) is 5.11 Å². The molecule has 1 saturated carbocycles. The normalized spacial score (nSPS) is 15.9. The third-order valence-electron chi connectivity index (χ3n) is 4.17. The third kappa shape index (κ3) is 6.70. The van der Waals surface area contributed by atoms with E-state index in [9.17, 15) is 14.7 Å². The van der Waals surface area contributed by atoms with Crippen LogP contribution in [0.2, 0.25) is 0 Å². The fourth-order valence-corrected chi connectivity index (χ4v) is 3.24. The number of ether oxygens (including phenoxy) is 1. The molecule has 0 aromatic heterocycles. The number of carboxylic acids is 1. The first-order valence-electron chi connectivity index (χ1n) is 8.51. The minimum atomic E-state index is -0.961. The molecule has 0 heterocycles. The molecule has 6 nitrogen and oxygen atoms in total. The number of hydrogen-bond donors (Lipinski definition) is 3. The van der Waals surface area contributed by atoms with Crippen molar-refractivity contribution in [3.05, 3.63) is 29.8 Å². The SMILES string of the molecule is CC(=O)Oc1ccc(CC(NC(=S)NC2CCCCC2)C(=O)O)cc1. The summed E-state index contributed by atoms with van der Waals surface area (Å²) in [5.74, 6) is -0.917. The van der Waals surface area contributed by atoms with Crippen molar-refractivity contribution in [3.63, 3.8) is 0 Å². The lowest BCUT2D eigenvalue weighted by molar-refractivity contribution is -0.139. The Morgan fingerprint density at radius 1 is 1.24 bits per heavy atom. The van der Waals surface area contributed by atoms with Crippen LogP contribution in [0.4, 0.5) is 0 Å². The Labute approximate surface area is 152 Å². The van der Waals surface area contributed by atoms with Crippen LogP contribution in [0.25, 0.3) is 0 Å². The highest BCUT2D eigenvalue weighted by Crippen LogP contribution is 2.17.